The van der Waals surface area contributed by atoms with E-state index in [1.54, 1.807) is 5.01 Å². The predicted octanol–water partition coefficient (Wildman–Crippen LogP) is 2.88. The number of nitrogens with zero attached hydrogens (tertiary/aromatic N) is 2. The fourth-order valence-corrected chi connectivity index (χ4v) is 1.46. The molecule has 0 atom stereocenters. The second-order valence-electron chi connectivity index (χ2n) is 4.32. The van der Waals surface area contributed by atoms with Crippen molar-refractivity contribution in [2.24, 2.45) is 11.8 Å². The van der Waals surface area contributed by atoms with E-state index in [9.17, 15) is 0 Å². The molecule has 1 aromatic heterocycles. The molecule has 0 aliphatic carbocycles. The summed E-state index contributed by atoms with van der Waals surface area (Å²) in [6, 6.07) is 4.04. The summed E-state index contributed by atoms with van der Waals surface area (Å²) >= 11 is 0. The molecule has 0 radical (unpaired) electrons. The third-order valence-corrected chi connectivity index (χ3v) is 2.22. The molecule has 0 amide bonds. The molecule has 1 rings (SSSR count). The standard InChI is InChI=1S/C13H21N3/c1-4-5-8-16(14)13-7-6-12(10-15-13)9-11(2)3/h5-8,10-11H,4,9,14H2,1-3H3/b8-5-. The number of hydrogen-bond acceptors (Lipinski definition) is 3. The molecule has 0 bridgehead atoms. The van der Waals surface area contributed by atoms with Crippen molar-refractivity contribution in [3.05, 3.63) is 36.2 Å². The third kappa shape index (κ3) is 4.03. The molecule has 0 aromatic carbocycles. The first-order valence-corrected chi connectivity index (χ1v) is 5.79. The number of pyridine rings is 1. The van der Waals surface area contributed by atoms with Crippen molar-refractivity contribution < 1.29 is 0 Å². The monoisotopic (exact) mass is 219 g/mol. The number of anilines is 1. The molecule has 0 saturated carbocycles. The zero-order chi connectivity index (χ0) is 12.0. The van der Waals surface area contributed by atoms with Gasteiger partial charge in [-0.2, -0.15) is 0 Å². The molecule has 1 heterocycles. The van der Waals surface area contributed by atoms with Gasteiger partial charge < -0.3 is 0 Å². The van der Waals surface area contributed by atoms with E-state index >= 15 is 0 Å². The van der Waals surface area contributed by atoms with Gasteiger partial charge in [0.15, 0.2) is 0 Å². The highest BCUT2D eigenvalue weighted by Gasteiger charge is 2.01. The highest BCUT2D eigenvalue weighted by molar-refractivity contribution is 5.40. The van der Waals surface area contributed by atoms with E-state index < -0.39 is 0 Å². The van der Waals surface area contributed by atoms with Gasteiger partial charge in [-0.3, -0.25) is 5.01 Å². The SMILES string of the molecule is CC/C=C\N(N)c1ccc(CC(C)C)cn1. The van der Waals surface area contributed by atoms with E-state index in [2.05, 4.69) is 31.8 Å². The summed E-state index contributed by atoms with van der Waals surface area (Å²) in [7, 11) is 0. The van der Waals surface area contributed by atoms with Gasteiger partial charge in [0.1, 0.15) is 5.82 Å². The van der Waals surface area contributed by atoms with Gasteiger partial charge in [-0.15, -0.1) is 0 Å². The van der Waals surface area contributed by atoms with E-state index in [0.717, 1.165) is 18.7 Å². The lowest BCUT2D eigenvalue weighted by Crippen LogP contribution is -2.24. The molecule has 16 heavy (non-hydrogen) atoms. The van der Waals surface area contributed by atoms with E-state index in [1.165, 1.54) is 5.56 Å². The summed E-state index contributed by atoms with van der Waals surface area (Å²) in [5, 5.41) is 1.54. The number of hydrazine groups is 1. The molecule has 88 valence electrons. The molecular weight excluding hydrogens is 198 g/mol. The Labute approximate surface area is 98.0 Å². The highest BCUT2D eigenvalue weighted by atomic mass is 15.4. The van der Waals surface area contributed by atoms with Crippen molar-refractivity contribution in [1.82, 2.24) is 4.98 Å². The minimum absolute atomic E-state index is 0.654. The lowest BCUT2D eigenvalue weighted by atomic mass is 10.1. The molecule has 0 fully saturated rings. The number of allylic oxidation sites excluding steroid dienone is 1. The van der Waals surface area contributed by atoms with Crippen LogP contribution < -0.4 is 10.9 Å². The summed E-state index contributed by atoms with van der Waals surface area (Å²) in [4.78, 5) is 4.33. The fourth-order valence-electron chi connectivity index (χ4n) is 1.46. The van der Waals surface area contributed by atoms with E-state index in [1.807, 2.05) is 24.5 Å². The Morgan fingerprint density at radius 3 is 2.69 bits per heavy atom. The van der Waals surface area contributed by atoms with Crippen LogP contribution in [0.4, 0.5) is 5.82 Å². The predicted molar refractivity (Wildman–Crippen MR) is 68.9 cm³/mol. The average molecular weight is 219 g/mol. The van der Waals surface area contributed by atoms with Crippen LogP contribution in [0.15, 0.2) is 30.6 Å². The minimum atomic E-state index is 0.654. The van der Waals surface area contributed by atoms with Crippen LogP contribution in [-0.4, -0.2) is 4.98 Å². The zero-order valence-electron chi connectivity index (χ0n) is 10.4. The third-order valence-electron chi connectivity index (χ3n) is 2.22. The normalized spacial score (nSPS) is 11.3. The Kier molecular flexibility index (Phi) is 4.99. The van der Waals surface area contributed by atoms with E-state index in [-0.39, 0.29) is 0 Å². The van der Waals surface area contributed by atoms with Crippen LogP contribution in [0.2, 0.25) is 0 Å². The molecule has 0 aliphatic rings. The van der Waals surface area contributed by atoms with Crippen LogP contribution in [0.3, 0.4) is 0 Å². The van der Waals surface area contributed by atoms with Gasteiger partial charge >= 0.3 is 0 Å². The first kappa shape index (κ1) is 12.7. The largest absolute Gasteiger partial charge is 0.270 e. The summed E-state index contributed by atoms with van der Waals surface area (Å²) in [5.74, 6) is 7.25. The molecule has 0 spiro atoms. The second-order valence-corrected chi connectivity index (χ2v) is 4.32. The maximum atomic E-state index is 5.82. The quantitative estimate of drug-likeness (QED) is 0.611. The van der Waals surface area contributed by atoms with Crippen molar-refractivity contribution in [1.29, 1.82) is 0 Å². The van der Waals surface area contributed by atoms with Crippen molar-refractivity contribution in [3.8, 4) is 0 Å². The van der Waals surface area contributed by atoms with Crippen LogP contribution in [0.1, 0.15) is 32.8 Å². The first-order chi connectivity index (χ1) is 7.63. The first-order valence-electron chi connectivity index (χ1n) is 5.79. The van der Waals surface area contributed by atoms with Crippen LogP contribution >= 0.6 is 0 Å². The molecule has 0 unspecified atom stereocenters. The Balaban J connectivity index is 2.67. The maximum Gasteiger partial charge on any atom is 0.146 e. The van der Waals surface area contributed by atoms with Crippen molar-refractivity contribution >= 4 is 5.82 Å². The second kappa shape index (κ2) is 6.28. The lowest BCUT2D eigenvalue weighted by molar-refractivity contribution is 0.645. The van der Waals surface area contributed by atoms with E-state index in [4.69, 9.17) is 5.84 Å². The summed E-state index contributed by atoms with van der Waals surface area (Å²) in [6.07, 6.45) is 7.77. The van der Waals surface area contributed by atoms with Gasteiger partial charge in [-0.25, -0.2) is 10.8 Å². The number of nitrogens with two attached hydrogens (primary N) is 1. The number of aromatic nitrogens is 1. The van der Waals surface area contributed by atoms with Crippen LogP contribution in [0.25, 0.3) is 0 Å². The topological polar surface area (TPSA) is 42.1 Å². The maximum absolute atomic E-state index is 5.82. The van der Waals surface area contributed by atoms with Gasteiger partial charge in [0.05, 0.1) is 0 Å². The Morgan fingerprint density at radius 1 is 1.44 bits per heavy atom. The molecule has 2 N–H and O–H groups in total. The van der Waals surface area contributed by atoms with Crippen molar-refractivity contribution in [3.63, 3.8) is 0 Å². The van der Waals surface area contributed by atoms with Crippen LogP contribution in [-0.2, 0) is 6.42 Å². The number of hydrogen-bond donors (Lipinski definition) is 1. The van der Waals surface area contributed by atoms with Crippen molar-refractivity contribution in [2.45, 2.75) is 33.6 Å². The minimum Gasteiger partial charge on any atom is -0.270 e. The van der Waals surface area contributed by atoms with Crippen molar-refractivity contribution in [2.75, 3.05) is 5.01 Å². The lowest BCUT2D eigenvalue weighted by Gasteiger charge is -2.13. The van der Waals surface area contributed by atoms with Crippen LogP contribution in [0, 0.1) is 5.92 Å². The summed E-state index contributed by atoms with van der Waals surface area (Å²) < 4.78 is 0. The number of rotatable bonds is 5. The van der Waals surface area contributed by atoms with Gasteiger partial charge in [-0.05, 0) is 30.4 Å². The van der Waals surface area contributed by atoms with Gasteiger partial charge in [-0.1, -0.05) is 32.9 Å². The summed E-state index contributed by atoms with van der Waals surface area (Å²) in [5.41, 5.74) is 1.26. The molecule has 3 nitrogen and oxygen atoms in total. The van der Waals surface area contributed by atoms with Gasteiger partial charge in [0.2, 0.25) is 0 Å². The molecule has 0 saturated heterocycles. The smallest absolute Gasteiger partial charge is 0.146 e. The Bertz CT molecular complexity index is 328. The Hall–Kier alpha value is -1.35. The van der Waals surface area contributed by atoms with Gasteiger partial charge in [0.25, 0.3) is 0 Å². The molecule has 0 aliphatic heterocycles. The van der Waals surface area contributed by atoms with Gasteiger partial charge in [0, 0.05) is 12.4 Å². The fraction of sp³-hybridized carbons (Fsp3) is 0.462. The molecule has 3 heteroatoms. The summed E-state index contributed by atoms with van der Waals surface area (Å²) in [6.45, 7) is 6.48. The van der Waals surface area contributed by atoms with E-state index in [0.29, 0.717) is 5.92 Å². The molecular formula is C13H21N3. The zero-order valence-corrected chi connectivity index (χ0v) is 10.4. The van der Waals surface area contributed by atoms with Crippen LogP contribution in [0.5, 0.6) is 0 Å². The molecule has 1 aromatic rings. The average Bonchev–Trinajstić information content (AvgIpc) is 2.26. The Morgan fingerprint density at radius 2 is 2.19 bits per heavy atom. The highest BCUT2D eigenvalue weighted by Crippen LogP contribution is 2.11.